The van der Waals surface area contributed by atoms with Crippen LogP contribution < -0.4 is 4.74 Å². The number of ether oxygens (including phenoxy) is 1. The number of aliphatic hydroxyl groups is 1. The van der Waals surface area contributed by atoms with Crippen LogP contribution in [0.4, 0.5) is 4.39 Å². The molecule has 0 unspecified atom stereocenters. The van der Waals surface area contributed by atoms with Crippen LogP contribution in [0.2, 0.25) is 0 Å². The lowest BCUT2D eigenvalue weighted by Crippen LogP contribution is -2.02. The Morgan fingerprint density at radius 3 is 2.79 bits per heavy atom. The van der Waals surface area contributed by atoms with Crippen LogP contribution in [0.15, 0.2) is 41.0 Å². The number of nitrogens with zero attached hydrogens (tertiary/aromatic N) is 1. The van der Waals surface area contributed by atoms with Crippen molar-refractivity contribution in [2.45, 2.75) is 19.6 Å². The van der Waals surface area contributed by atoms with Gasteiger partial charge in [0.2, 0.25) is 0 Å². The molecule has 1 N–H and O–H groups in total. The molecule has 0 spiro atoms. The molecule has 19 heavy (non-hydrogen) atoms. The zero-order valence-electron chi connectivity index (χ0n) is 10.3. The van der Waals surface area contributed by atoms with Crippen LogP contribution in [0, 0.1) is 5.82 Å². The average molecular weight is 326 g/mol. The quantitative estimate of drug-likeness (QED) is 0.933. The Kier molecular flexibility index (Phi) is 4.50. The fourth-order valence-electron chi connectivity index (χ4n) is 1.62. The minimum absolute atomic E-state index is 0.219. The van der Waals surface area contributed by atoms with Gasteiger partial charge >= 0.3 is 0 Å². The topological polar surface area (TPSA) is 42.4 Å². The van der Waals surface area contributed by atoms with Crippen molar-refractivity contribution in [3.63, 3.8) is 0 Å². The third-order valence-electron chi connectivity index (χ3n) is 2.59. The standard InChI is InChI=1S/C14H13BrFNO2/c1-9(18)13-5-3-11(16)6-14(13)19-8-12-4-2-10(15)7-17-12/h2-7,9,18H,8H2,1H3/t9-/m0/s1. The second kappa shape index (κ2) is 6.12. The van der Waals surface area contributed by atoms with Gasteiger partial charge in [0.25, 0.3) is 0 Å². The molecule has 1 heterocycles. The third kappa shape index (κ3) is 3.75. The second-order valence-corrected chi connectivity index (χ2v) is 5.03. The van der Waals surface area contributed by atoms with Crippen molar-refractivity contribution in [2.24, 2.45) is 0 Å². The first-order chi connectivity index (χ1) is 9.06. The van der Waals surface area contributed by atoms with E-state index in [1.165, 1.54) is 18.2 Å². The van der Waals surface area contributed by atoms with Crippen LogP contribution >= 0.6 is 15.9 Å². The number of benzene rings is 1. The van der Waals surface area contributed by atoms with E-state index in [2.05, 4.69) is 20.9 Å². The Balaban J connectivity index is 2.14. The summed E-state index contributed by atoms with van der Waals surface area (Å²) in [5.74, 6) is -0.0668. The monoisotopic (exact) mass is 325 g/mol. The maximum absolute atomic E-state index is 13.2. The molecule has 2 rings (SSSR count). The highest BCUT2D eigenvalue weighted by molar-refractivity contribution is 9.10. The predicted octanol–water partition coefficient (Wildman–Crippen LogP) is 3.62. The van der Waals surface area contributed by atoms with Gasteiger partial charge in [-0.25, -0.2) is 4.39 Å². The van der Waals surface area contributed by atoms with E-state index in [9.17, 15) is 9.50 Å². The number of hydrogen-bond donors (Lipinski definition) is 1. The summed E-state index contributed by atoms with van der Waals surface area (Å²) in [6, 6.07) is 7.75. The molecule has 1 aromatic heterocycles. The molecule has 2 aromatic rings. The van der Waals surface area contributed by atoms with Crippen molar-refractivity contribution in [1.29, 1.82) is 0 Å². The molecule has 0 aliphatic rings. The zero-order valence-corrected chi connectivity index (χ0v) is 11.9. The van der Waals surface area contributed by atoms with Gasteiger partial charge in [-0.05, 0) is 47.1 Å². The maximum atomic E-state index is 13.2. The van der Waals surface area contributed by atoms with Crippen molar-refractivity contribution >= 4 is 15.9 Å². The van der Waals surface area contributed by atoms with Crippen LogP contribution in [0.1, 0.15) is 24.3 Å². The van der Waals surface area contributed by atoms with E-state index in [1.54, 1.807) is 13.1 Å². The van der Waals surface area contributed by atoms with Gasteiger partial charge in [-0.2, -0.15) is 0 Å². The summed E-state index contributed by atoms with van der Waals surface area (Å²) in [4.78, 5) is 4.16. The van der Waals surface area contributed by atoms with E-state index < -0.39 is 11.9 Å². The fraction of sp³-hybridized carbons (Fsp3) is 0.214. The highest BCUT2D eigenvalue weighted by Crippen LogP contribution is 2.26. The van der Waals surface area contributed by atoms with Gasteiger partial charge in [0.15, 0.2) is 0 Å². The number of halogens is 2. The Labute approximate surface area is 119 Å². The Bertz CT molecular complexity index is 558. The van der Waals surface area contributed by atoms with Crippen molar-refractivity contribution < 1.29 is 14.2 Å². The van der Waals surface area contributed by atoms with Gasteiger partial charge in [0.1, 0.15) is 18.2 Å². The summed E-state index contributed by atoms with van der Waals surface area (Å²) >= 11 is 3.30. The molecule has 0 radical (unpaired) electrons. The summed E-state index contributed by atoms with van der Waals surface area (Å²) in [5.41, 5.74) is 1.28. The number of rotatable bonds is 4. The highest BCUT2D eigenvalue weighted by Gasteiger charge is 2.10. The zero-order chi connectivity index (χ0) is 13.8. The van der Waals surface area contributed by atoms with Crippen molar-refractivity contribution in [1.82, 2.24) is 4.98 Å². The van der Waals surface area contributed by atoms with Crippen LogP contribution in [0.25, 0.3) is 0 Å². The van der Waals surface area contributed by atoms with Crippen LogP contribution in [-0.2, 0) is 6.61 Å². The minimum atomic E-state index is -0.714. The number of aromatic nitrogens is 1. The first-order valence-corrected chi connectivity index (χ1v) is 6.56. The van der Waals surface area contributed by atoms with E-state index >= 15 is 0 Å². The average Bonchev–Trinajstić information content (AvgIpc) is 2.38. The minimum Gasteiger partial charge on any atom is -0.487 e. The van der Waals surface area contributed by atoms with Gasteiger partial charge in [-0.3, -0.25) is 4.98 Å². The van der Waals surface area contributed by atoms with Gasteiger partial charge in [-0.15, -0.1) is 0 Å². The summed E-state index contributed by atoms with van der Waals surface area (Å²) < 4.78 is 19.6. The smallest absolute Gasteiger partial charge is 0.130 e. The number of aliphatic hydroxyl groups excluding tert-OH is 1. The lowest BCUT2D eigenvalue weighted by molar-refractivity contribution is 0.189. The normalized spacial score (nSPS) is 12.2. The molecule has 3 nitrogen and oxygen atoms in total. The highest BCUT2D eigenvalue weighted by atomic mass is 79.9. The summed E-state index contributed by atoms with van der Waals surface area (Å²) in [6.45, 7) is 1.83. The number of pyridine rings is 1. The van der Waals surface area contributed by atoms with E-state index in [0.29, 0.717) is 11.3 Å². The molecule has 0 amide bonds. The largest absolute Gasteiger partial charge is 0.487 e. The molecule has 1 atom stereocenters. The van der Waals surface area contributed by atoms with E-state index in [1.807, 2.05) is 12.1 Å². The molecule has 0 fully saturated rings. The lowest BCUT2D eigenvalue weighted by atomic mass is 10.1. The molecule has 100 valence electrons. The van der Waals surface area contributed by atoms with Gasteiger partial charge in [0, 0.05) is 22.3 Å². The molecule has 0 saturated heterocycles. The maximum Gasteiger partial charge on any atom is 0.130 e. The Morgan fingerprint density at radius 2 is 2.16 bits per heavy atom. The van der Waals surface area contributed by atoms with Crippen LogP contribution in [-0.4, -0.2) is 10.1 Å². The summed E-state index contributed by atoms with van der Waals surface area (Å²) in [7, 11) is 0. The molecule has 0 aliphatic heterocycles. The predicted molar refractivity (Wildman–Crippen MR) is 73.3 cm³/mol. The third-order valence-corrected chi connectivity index (χ3v) is 3.06. The van der Waals surface area contributed by atoms with E-state index in [-0.39, 0.29) is 6.61 Å². The lowest BCUT2D eigenvalue weighted by Gasteiger charge is -2.13. The van der Waals surface area contributed by atoms with E-state index in [4.69, 9.17) is 4.74 Å². The van der Waals surface area contributed by atoms with Crippen molar-refractivity contribution in [3.8, 4) is 5.75 Å². The Morgan fingerprint density at radius 1 is 1.37 bits per heavy atom. The first kappa shape index (κ1) is 14.0. The van der Waals surface area contributed by atoms with Gasteiger partial charge in [0.05, 0.1) is 11.8 Å². The van der Waals surface area contributed by atoms with Crippen molar-refractivity contribution in [3.05, 3.63) is 58.1 Å². The molecular weight excluding hydrogens is 313 g/mol. The molecule has 5 heteroatoms. The van der Waals surface area contributed by atoms with Crippen molar-refractivity contribution in [2.75, 3.05) is 0 Å². The van der Waals surface area contributed by atoms with Crippen LogP contribution in [0.5, 0.6) is 5.75 Å². The van der Waals surface area contributed by atoms with Gasteiger partial charge in [-0.1, -0.05) is 0 Å². The number of hydrogen-bond acceptors (Lipinski definition) is 3. The molecule has 0 bridgehead atoms. The summed E-state index contributed by atoms with van der Waals surface area (Å²) in [5, 5.41) is 9.60. The SMILES string of the molecule is C[C@H](O)c1ccc(F)cc1OCc1ccc(Br)cn1. The molecule has 0 aliphatic carbocycles. The van der Waals surface area contributed by atoms with Gasteiger partial charge < -0.3 is 9.84 Å². The van der Waals surface area contributed by atoms with Crippen LogP contribution in [0.3, 0.4) is 0 Å². The fourth-order valence-corrected chi connectivity index (χ4v) is 1.86. The molecular formula is C14H13BrFNO2. The summed E-state index contributed by atoms with van der Waals surface area (Å²) in [6.07, 6.45) is 0.952. The van der Waals surface area contributed by atoms with E-state index in [0.717, 1.165) is 10.2 Å². The molecule has 0 saturated carbocycles. The molecule has 1 aromatic carbocycles. The first-order valence-electron chi connectivity index (χ1n) is 5.77. The Hall–Kier alpha value is -1.46. The second-order valence-electron chi connectivity index (χ2n) is 4.11.